The average Bonchev–Trinajstić information content (AvgIpc) is 2.32. The molecule has 0 aliphatic heterocycles. The Morgan fingerprint density at radius 2 is 2.29 bits per heavy atom. The second kappa shape index (κ2) is 6.36. The SMILES string of the molecule is [N-]=[N+]=NCCC(O)C(O)c1cnc(F)c(Cl)c1. The molecule has 2 N–H and O–H groups in total. The largest absolute Gasteiger partial charge is 0.390 e. The van der Waals surface area contributed by atoms with Crippen LogP contribution in [-0.2, 0) is 0 Å². The van der Waals surface area contributed by atoms with Gasteiger partial charge in [-0.05, 0) is 18.0 Å². The van der Waals surface area contributed by atoms with Crippen molar-refractivity contribution in [3.05, 3.63) is 39.2 Å². The zero-order chi connectivity index (χ0) is 12.8. The van der Waals surface area contributed by atoms with E-state index in [1.807, 2.05) is 0 Å². The molecule has 1 rings (SSSR count). The van der Waals surface area contributed by atoms with E-state index in [9.17, 15) is 14.6 Å². The molecule has 0 spiro atoms. The van der Waals surface area contributed by atoms with Gasteiger partial charge in [-0.1, -0.05) is 16.7 Å². The highest BCUT2D eigenvalue weighted by Gasteiger charge is 2.19. The van der Waals surface area contributed by atoms with Gasteiger partial charge < -0.3 is 10.2 Å². The minimum atomic E-state index is -1.26. The first-order valence-corrected chi connectivity index (χ1v) is 5.12. The molecule has 6 nitrogen and oxygen atoms in total. The topological polar surface area (TPSA) is 102 Å². The highest BCUT2D eigenvalue weighted by Crippen LogP contribution is 2.22. The van der Waals surface area contributed by atoms with Crippen LogP contribution < -0.4 is 0 Å². The van der Waals surface area contributed by atoms with Crippen molar-refractivity contribution in [3.8, 4) is 0 Å². The minimum absolute atomic E-state index is 0.0527. The van der Waals surface area contributed by atoms with Crippen molar-refractivity contribution in [2.45, 2.75) is 18.6 Å². The Bertz CT molecular complexity index is 439. The van der Waals surface area contributed by atoms with Crippen LogP contribution in [-0.4, -0.2) is 27.8 Å². The number of rotatable bonds is 5. The predicted molar refractivity (Wildman–Crippen MR) is 58.8 cm³/mol. The molecular formula is C9H10ClFN4O2. The Labute approximate surface area is 101 Å². The van der Waals surface area contributed by atoms with Crippen molar-refractivity contribution in [1.29, 1.82) is 0 Å². The molecule has 17 heavy (non-hydrogen) atoms. The zero-order valence-corrected chi connectivity index (χ0v) is 9.42. The lowest BCUT2D eigenvalue weighted by Crippen LogP contribution is -2.19. The van der Waals surface area contributed by atoms with Crippen LogP contribution in [0.1, 0.15) is 18.1 Å². The molecule has 2 unspecified atom stereocenters. The molecule has 92 valence electrons. The number of aliphatic hydroxyl groups excluding tert-OH is 2. The molecule has 0 fully saturated rings. The molecule has 1 heterocycles. The molecule has 0 aromatic carbocycles. The fourth-order valence-corrected chi connectivity index (χ4v) is 1.39. The fourth-order valence-electron chi connectivity index (χ4n) is 1.21. The van der Waals surface area contributed by atoms with E-state index in [0.29, 0.717) is 0 Å². The quantitative estimate of drug-likeness (QED) is 0.366. The molecule has 0 saturated heterocycles. The van der Waals surface area contributed by atoms with Gasteiger partial charge in [0.25, 0.3) is 0 Å². The summed E-state index contributed by atoms with van der Waals surface area (Å²) in [6.45, 7) is 0.0527. The molecule has 0 amide bonds. The first kappa shape index (κ1) is 13.7. The first-order chi connectivity index (χ1) is 8.06. The third-order valence-electron chi connectivity index (χ3n) is 2.11. The molecule has 8 heteroatoms. The van der Waals surface area contributed by atoms with Crippen LogP contribution in [0.5, 0.6) is 0 Å². The van der Waals surface area contributed by atoms with Gasteiger partial charge in [-0.3, -0.25) is 0 Å². The average molecular weight is 261 g/mol. The van der Waals surface area contributed by atoms with Crippen molar-refractivity contribution in [1.82, 2.24) is 4.98 Å². The first-order valence-electron chi connectivity index (χ1n) is 4.74. The van der Waals surface area contributed by atoms with Gasteiger partial charge in [0.15, 0.2) is 0 Å². The van der Waals surface area contributed by atoms with Crippen LogP contribution in [0.25, 0.3) is 10.4 Å². The van der Waals surface area contributed by atoms with Gasteiger partial charge >= 0.3 is 0 Å². The number of hydrogen-bond acceptors (Lipinski definition) is 4. The number of aliphatic hydroxyl groups is 2. The molecule has 0 radical (unpaired) electrons. The molecule has 2 atom stereocenters. The van der Waals surface area contributed by atoms with Gasteiger partial charge in [-0.15, -0.1) is 0 Å². The summed E-state index contributed by atoms with van der Waals surface area (Å²) in [5, 5.41) is 22.3. The maximum absolute atomic E-state index is 12.8. The molecule has 0 aliphatic rings. The second-order valence-corrected chi connectivity index (χ2v) is 3.70. The Hall–Kier alpha value is -1.40. The number of pyridine rings is 1. The van der Waals surface area contributed by atoms with Gasteiger partial charge in [-0.2, -0.15) is 4.39 Å². The van der Waals surface area contributed by atoms with E-state index in [1.165, 1.54) is 6.07 Å². The second-order valence-electron chi connectivity index (χ2n) is 3.30. The van der Waals surface area contributed by atoms with E-state index in [2.05, 4.69) is 15.0 Å². The summed E-state index contributed by atoms with van der Waals surface area (Å²) in [6, 6.07) is 1.19. The summed E-state index contributed by atoms with van der Waals surface area (Å²) in [5.74, 6) is -0.841. The normalized spacial score (nSPS) is 13.9. The van der Waals surface area contributed by atoms with Crippen LogP contribution in [0, 0.1) is 5.95 Å². The summed E-state index contributed by atoms with van der Waals surface area (Å²) in [6.07, 6.45) is -1.22. The third-order valence-corrected chi connectivity index (χ3v) is 2.38. The summed E-state index contributed by atoms with van der Waals surface area (Å²) in [4.78, 5) is 5.84. The maximum atomic E-state index is 12.8. The predicted octanol–water partition coefficient (Wildman–Crippen LogP) is 1.97. The van der Waals surface area contributed by atoms with Gasteiger partial charge in [0.1, 0.15) is 6.10 Å². The summed E-state index contributed by atoms with van der Waals surface area (Å²) in [5.41, 5.74) is 8.25. The zero-order valence-electron chi connectivity index (χ0n) is 8.66. The van der Waals surface area contributed by atoms with Crippen LogP contribution in [0.3, 0.4) is 0 Å². The lowest BCUT2D eigenvalue weighted by atomic mass is 10.0. The van der Waals surface area contributed by atoms with E-state index in [-0.39, 0.29) is 23.6 Å². The van der Waals surface area contributed by atoms with E-state index in [4.69, 9.17) is 17.1 Å². The Kier molecular flexibility index (Phi) is 5.11. The molecule has 1 aromatic heterocycles. The van der Waals surface area contributed by atoms with Crippen molar-refractivity contribution in [2.75, 3.05) is 6.54 Å². The van der Waals surface area contributed by atoms with E-state index < -0.39 is 18.2 Å². The summed E-state index contributed by atoms with van der Waals surface area (Å²) < 4.78 is 12.8. The highest BCUT2D eigenvalue weighted by atomic mass is 35.5. The summed E-state index contributed by atoms with van der Waals surface area (Å²) >= 11 is 5.49. The highest BCUT2D eigenvalue weighted by molar-refractivity contribution is 6.30. The van der Waals surface area contributed by atoms with Crippen LogP contribution in [0.15, 0.2) is 17.4 Å². The number of hydrogen-bond donors (Lipinski definition) is 2. The van der Waals surface area contributed by atoms with Gasteiger partial charge in [0.05, 0.1) is 11.1 Å². The van der Waals surface area contributed by atoms with Gasteiger partial charge in [0, 0.05) is 23.2 Å². The lowest BCUT2D eigenvalue weighted by molar-refractivity contribution is 0.0148. The Morgan fingerprint density at radius 1 is 1.59 bits per heavy atom. The van der Waals surface area contributed by atoms with Crippen LogP contribution >= 0.6 is 11.6 Å². The smallest absolute Gasteiger partial charge is 0.231 e. The Morgan fingerprint density at radius 3 is 2.88 bits per heavy atom. The van der Waals surface area contributed by atoms with E-state index in [1.54, 1.807) is 0 Å². The fraction of sp³-hybridized carbons (Fsp3) is 0.444. The molecule has 1 aromatic rings. The third kappa shape index (κ3) is 3.83. The number of nitrogens with zero attached hydrogens (tertiary/aromatic N) is 4. The standard InChI is InChI=1S/C9H10ClFN4O2/c10-6-3-5(4-13-9(6)11)8(17)7(16)1-2-14-15-12/h3-4,7-8,16-17H,1-2H2. The molecule has 0 aliphatic carbocycles. The number of halogens is 2. The Balaban J connectivity index is 2.70. The molecular weight excluding hydrogens is 251 g/mol. The monoisotopic (exact) mass is 260 g/mol. The molecule has 0 saturated carbocycles. The van der Waals surface area contributed by atoms with Crippen molar-refractivity contribution in [2.24, 2.45) is 5.11 Å². The molecule has 0 bridgehead atoms. The maximum Gasteiger partial charge on any atom is 0.231 e. The van der Waals surface area contributed by atoms with Crippen LogP contribution in [0.4, 0.5) is 4.39 Å². The van der Waals surface area contributed by atoms with E-state index >= 15 is 0 Å². The van der Waals surface area contributed by atoms with Crippen molar-refractivity contribution in [3.63, 3.8) is 0 Å². The lowest BCUT2D eigenvalue weighted by Gasteiger charge is -2.17. The van der Waals surface area contributed by atoms with Crippen molar-refractivity contribution < 1.29 is 14.6 Å². The van der Waals surface area contributed by atoms with Crippen LogP contribution in [0.2, 0.25) is 5.02 Å². The number of aromatic nitrogens is 1. The van der Waals surface area contributed by atoms with Gasteiger partial charge in [0.2, 0.25) is 5.95 Å². The van der Waals surface area contributed by atoms with E-state index in [0.717, 1.165) is 6.20 Å². The van der Waals surface area contributed by atoms with Crippen molar-refractivity contribution >= 4 is 11.6 Å². The van der Waals surface area contributed by atoms with Gasteiger partial charge in [-0.25, -0.2) is 4.98 Å². The summed E-state index contributed by atoms with van der Waals surface area (Å²) in [7, 11) is 0. The number of azide groups is 1. The minimum Gasteiger partial charge on any atom is -0.390 e.